The van der Waals surface area contributed by atoms with Crippen LogP contribution in [0.1, 0.15) is 17.5 Å². The van der Waals surface area contributed by atoms with Crippen molar-refractivity contribution in [3.8, 4) is 5.75 Å². The highest BCUT2D eigenvalue weighted by atomic mass is 16.5. The van der Waals surface area contributed by atoms with Crippen molar-refractivity contribution in [1.82, 2.24) is 10.2 Å². The van der Waals surface area contributed by atoms with Gasteiger partial charge >= 0.3 is 0 Å². The van der Waals surface area contributed by atoms with Crippen molar-refractivity contribution < 1.29 is 19.1 Å². The van der Waals surface area contributed by atoms with Crippen molar-refractivity contribution in [1.29, 1.82) is 0 Å². The number of amides is 2. The van der Waals surface area contributed by atoms with E-state index in [9.17, 15) is 9.59 Å². The van der Waals surface area contributed by atoms with Crippen LogP contribution < -0.4 is 15.4 Å². The fourth-order valence-corrected chi connectivity index (χ4v) is 3.45. The van der Waals surface area contributed by atoms with E-state index in [-0.39, 0.29) is 18.2 Å². The molecule has 2 aromatic carbocycles. The van der Waals surface area contributed by atoms with Gasteiger partial charge in [-0.1, -0.05) is 36.4 Å². The van der Waals surface area contributed by atoms with Crippen LogP contribution >= 0.6 is 0 Å². The number of hydrogen-bond donors (Lipinski definition) is 2. The van der Waals surface area contributed by atoms with Gasteiger partial charge in [-0.25, -0.2) is 0 Å². The second kappa shape index (κ2) is 9.07. The van der Waals surface area contributed by atoms with E-state index in [1.165, 1.54) is 5.56 Å². The van der Waals surface area contributed by atoms with Crippen LogP contribution in [0.5, 0.6) is 5.75 Å². The van der Waals surface area contributed by atoms with Crippen molar-refractivity contribution >= 4 is 17.5 Å². The second-order valence-electron chi connectivity index (χ2n) is 7.28. The highest BCUT2D eigenvalue weighted by Crippen LogP contribution is 2.29. The molecule has 2 aliphatic rings. The van der Waals surface area contributed by atoms with Gasteiger partial charge in [-0.15, -0.1) is 0 Å². The van der Waals surface area contributed by atoms with Crippen LogP contribution in [0.3, 0.4) is 0 Å². The maximum absolute atomic E-state index is 12.3. The molecule has 0 radical (unpaired) electrons. The lowest BCUT2D eigenvalue weighted by Gasteiger charge is -2.26. The average molecular weight is 395 g/mol. The first kappa shape index (κ1) is 19.4. The standard InChI is InChI=1S/C22H25N3O4/c26-21(13-20-22(27)24-18-3-1-2-4-19(18)29-20)23-14-16-5-7-17(8-6-16)15-25-9-11-28-12-10-25/h1-8,20H,9-15H2,(H,23,26)(H,24,27)/t20-/m1/s1. The minimum absolute atomic E-state index is 0.0186. The summed E-state index contributed by atoms with van der Waals surface area (Å²) < 4.78 is 11.0. The first-order valence-electron chi connectivity index (χ1n) is 9.88. The number of benzene rings is 2. The van der Waals surface area contributed by atoms with Crippen molar-refractivity contribution in [3.05, 3.63) is 59.7 Å². The van der Waals surface area contributed by atoms with Gasteiger partial charge in [-0.2, -0.15) is 0 Å². The molecule has 2 amide bonds. The number of hydrogen-bond acceptors (Lipinski definition) is 5. The molecule has 29 heavy (non-hydrogen) atoms. The highest BCUT2D eigenvalue weighted by Gasteiger charge is 2.29. The fourth-order valence-electron chi connectivity index (χ4n) is 3.45. The predicted molar refractivity (Wildman–Crippen MR) is 108 cm³/mol. The largest absolute Gasteiger partial charge is 0.478 e. The van der Waals surface area contributed by atoms with E-state index in [2.05, 4.69) is 27.7 Å². The van der Waals surface area contributed by atoms with Crippen LogP contribution in [0.2, 0.25) is 0 Å². The van der Waals surface area contributed by atoms with E-state index in [1.807, 2.05) is 24.3 Å². The number of ether oxygens (including phenoxy) is 2. The van der Waals surface area contributed by atoms with Gasteiger partial charge in [0.25, 0.3) is 5.91 Å². The fraction of sp³-hybridized carbons (Fsp3) is 0.364. The molecule has 0 aromatic heterocycles. The molecule has 7 heteroatoms. The quantitative estimate of drug-likeness (QED) is 0.781. The van der Waals surface area contributed by atoms with E-state index in [0.717, 1.165) is 38.4 Å². The van der Waals surface area contributed by atoms with Gasteiger partial charge in [0.2, 0.25) is 5.91 Å². The molecule has 152 valence electrons. The summed E-state index contributed by atoms with van der Waals surface area (Å²) in [5.74, 6) is 0.0639. The van der Waals surface area contributed by atoms with Gasteiger partial charge in [0, 0.05) is 26.2 Å². The summed E-state index contributed by atoms with van der Waals surface area (Å²) >= 11 is 0. The number of carbonyl (C=O) groups excluding carboxylic acids is 2. The number of para-hydroxylation sites is 2. The summed E-state index contributed by atoms with van der Waals surface area (Å²) in [6, 6.07) is 15.4. The van der Waals surface area contributed by atoms with E-state index in [1.54, 1.807) is 12.1 Å². The van der Waals surface area contributed by atoms with Gasteiger partial charge in [-0.3, -0.25) is 14.5 Å². The molecule has 0 aliphatic carbocycles. The third-order valence-electron chi connectivity index (χ3n) is 5.10. The maximum Gasteiger partial charge on any atom is 0.266 e. The third-order valence-corrected chi connectivity index (χ3v) is 5.10. The Morgan fingerprint density at radius 2 is 1.79 bits per heavy atom. The molecule has 1 atom stereocenters. The van der Waals surface area contributed by atoms with Crippen LogP contribution in [-0.4, -0.2) is 49.1 Å². The zero-order valence-electron chi connectivity index (χ0n) is 16.2. The van der Waals surface area contributed by atoms with E-state index >= 15 is 0 Å². The number of rotatable bonds is 6. The highest BCUT2D eigenvalue weighted by molar-refractivity contribution is 5.99. The Balaban J connectivity index is 1.25. The van der Waals surface area contributed by atoms with E-state index in [4.69, 9.17) is 9.47 Å². The van der Waals surface area contributed by atoms with E-state index in [0.29, 0.717) is 18.0 Å². The minimum atomic E-state index is -0.819. The monoisotopic (exact) mass is 395 g/mol. The maximum atomic E-state index is 12.3. The number of anilines is 1. The Morgan fingerprint density at radius 1 is 1.07 bits per heavy atom. The molecule has 1 fully saturated rings. The lowest BCUT2D eigenvalue weighted by Crippen LogP contribution is -2.40. The summed E-state index contributed by atoms with van der Waals surface area (Å²) in [5.41, 5.74) is 2.89. The molecule has 0 spiro atoms. The zero-order valence-corrected chi connectivity index (χ0v) is 16.2. The van der Waals surface area contributed by atoms with Crippen molar-refractivity contribution in [2.75, 3.05) is 31.6 Å². The number of carbonyl (C=O) groups is 2. The lowest BCUT2D eigenvalue weighted by atomic mass is 10.1. The Hall–Kier alpha value is -2.90. The molecule has 0 bridgehead atoms. The van der Waals surface area contributed by atoms with Crippen LogP contribution in [0, 0.1) is 0 Å². The topological polar surface area (TPSA) is 79.9 Å². The van der Waals surface area contributed by atoms with Gasteiger partial charge in [0.15, 0.2) is 6.10 Å². The number of fused-ring (bicyclic) bond motifs is 1. The molecule has 7 nitrogen and oxygen atoms in total. The van der Waals surface area contributed by atoms with Crippen molar-refractivity contribution in [2.45, 2.75) is 25.6 Å². The lowest BCUT2D eigenvalue weighted by molar-refractivity contribution is -0.130. The molecule has 0 saturated carbocycles. The molecule has 2 aromatic rings. The molecular formula is C22H25N3O4. The molecule has 2 heterocycles. The van der Waals surface area contributed by atoms with Crippen molar-refractivity contribution in [2.24, 2.45) is 0 Å². The van der Waals surface area contributed by atoms with Gasteiger partial charge in [0.05, 0.1) is 25.3 Å². The third kappa shape index (κ3) is 5.13. The van der Waals surface area contributed by atoms with Gasteiger partial charge in [-0.05, 0) is 23.3 Å². The number of morpholine rings is 1. The molecule has 2 N–H and O–H groups in total. The Labute approximate surface area is 170 Å². The number of nitrogens with one attached hydrogen (secondary N) is 2. The van der Waals surface area contributed by atoms with Crippen molar-refractivity contribution in [3.63, 3.8) is 0 Å². The van der Waals surface area contributed by atoms with Gasteiger partial charge in [0.1, 0.15) is 5.75 Å². The van der Waals surface area contributed by atoms with Crippen LogP contribution in [0.15, 0.2) is 48.5 Å². The summed E-state index contributed by atoms with van der Waals surface area (Å²) in [6.45, 7) is 4.82. The first-order chi connectivity index (χ1) is 14.2. The summed E-state index contributed by atoms with van der Waals surface area (Å²) in [7, 11) is 0. The predicted octanol–water partition coefficient (Wildman–Crippen LogP) is 1.92. The minimum Gasteiger partial charge on any atom is -0.478 e. The molecule has 2 aliphatic heterocycles. The Bertz CT molecular complexity index is 863. The smallest absolute Gasteiger partial charge is 0.266 e. The van der Waals surface area contributed by atoms with Crippen LogP contribution in [-0.2, 0) is 27.4 Å². The first-order valence-corrected chi connectivity index (χ1v) is 9.88. The Morgan fingerprint density at radius 3 is 2.59 bits per heavy atom. The van der Waals surface area contributed by atoms with Crippen LogP contribution in [0.4, 0.5) is 5.69 Å². The van der Waals surface area contributed by atoms with E-state index < -0.39 is 6.10 Å². The summed E-state index contributed by atoms with van der Waals surface area (Å²) in [5, 5.41) is 5.64. The average Bonchev–Trinajstić information content (AvgIpc) is 2.74. The number of nitrogens with zero attached hydrogens (tertiary/aromatic N) is 1. The SMILES string of the molecule is O=C(C[C@H]1Oc2ccccc2NC1=O)NCc1ccc(CN2CCOCC2)cc1. The Kier molecular flexibility index (Phi) is 6.07. The zero-order chi connectivity index (χ0) is 20.1. The molecule has 1 saturated heterocycles. The summed E-state index contributed by atoms with van der Waals surface area (Å²) in [4.78, 5) is 26.8. The summed E-state index contributed by atoms with van der Waals surface area (Å²) in [6.07, 6.45) is -0.837. The van der Waals surface area contributed by atoms with Crippen LogP contribution in [0.25, 0.3) is 0 Å². The second-order valence-corrected chi connectivity index (χ2v) is 7.28. The molecular weight excluding hydrogens is 370 g/mol. The van der Waals surface area contributed by atoms with Gasteiger partial charge < -0.3 is 20.1 Å². The molecule has 4 rings (SSSR count). The molecule has 0 unspecified atom stereocenters. The normalized spacial score (nSPS) is 19.0.